The molecule has 7 aromatic rings. The monoisotopic (exact) mass is 885 g/mol. The topological polar surface area (TPSA) is 25.8 Å². The molecule has 4 aromatic carbocycles. The van der Waals surface area contributed by atoms with Crippen LogP contribution in [-0.4, -0.2) is 23.2 Å². The first kappa shape index (κ1) is 35.9. The SMILES string of the molecule is CC(C)C(C)c1ccnc(-c2[c-]ccc3c2sc2cc(-c4ccccc4)ccc23)c1.Cc1cc(-c2[c-]cccc2)nc[c]1[Ge]([CH3])([CH3])[CH3].[Ir]. The van der Waals surface area contributed by atoms with Crippen LogP contribution in [0.15, 0.2) is 116 Å². The molecule has 2 nitrogen and oxygen atoms in total. The molecule has 0 bridgehead atoms. The van der Waals surface area contributed by atoms with Crippen LogP contribution in [0.3, 0.4) is 0 Å². The molecule has 48 heavy (non-hydrogen) atoms. The first-order chi connectivity index (χ1) is 22.6. The fourth-order valence-corrected chi connectivity index (χ4v) is 10.9. The van der Waals surface area contributed by atoms with Gasteiger partial charge in [-0.25, -0.2) is 0 Å². The van der Waals surface area contributed by atoms with Crippen LogP contribution in [0.4, 0.5) is 0 Å². The van der Waals surface area contributed by atoms with Crippen LogP contribution in [0.2, 0.25) is 17.3 Å². The summed E-state index contributed by atoms with van der Waals surface area (Å²) < 4.78 is 4.06. The maximum absolute atomic E-state index is 4.71. The standard InChI is InChI=1S/C28H24NS.C15H18GeN.Ir/c1-18(2)19(3)21-14-15-29-26(16-21)25-11-7-10-24-23-13-12-22(17-27(23)30-28(24)25)20-8-5-4-6-9-20;1-12-10-15(13-8-6-5-7-9-13)17-11-14(12)16(2,3)4;/h4-10,12-19H,1-3H3;5-8,10-11H,1-4H3;/q2*-1;. The van der Waals surface area contributed by atoms with Gasteiger partial charge in [0.05, 0.1) is 0 Å². The van der Waals surface area contributed by atoms with Crippen molar-refractivity contribution >= 4 is 49.2 Å². The number of benzene rings is 4. The van der Waals surface area contributed by atoms with E-state index in [0.717, 1.165) is 22.5 Å². The van der Waals surface area contributed by atoms with Crippen molar-refractivity contribution in [3.63, 3.8) is 0 Å². The van der Waals surface area contributed by atoms with Crippen molar-refractivity contribution in [2.75, 3.05) is 0 Å². The Bertz CT molecular complexity index is 2130. The third-order valence-corrected chi connectivity index (χ3v) is 14.7. The Morgan fingerprint density at radius 2 is 1.48 bits per heavy atom. The van der Waals surface area contributed by atoms with E-state index in [4.69, 9.17) is 4.98 Å². The van der Waals surface area contributed by atoms with Crippen molar-refractivity contribution in [1.29, 1.82) is 0 Å². The van der Waals surface area contributed by atoms with Crippen molar-refractivity contribution in [3.8, 4) is 33.6 Å². The summed E-state index contributed by atoms with van der Waals surface area (Å²) in [6, 6.07) is 42.9. The summed E-state index contributed by atoms with van der Waals surface area (Å²) in [5.41, 5.74) is 9.44. The number of aryl methyl sites for hydroxylation is 1. The average Bonchev–Trinajstić information content (AvgIpc) is 3.46. The molecule has 0 saturated heterocycles. The molecule has 1 atom stereocenters. The maximum atomic E-state index is 4.71. The predicted octanol–water partition coefficient (Wildman–Crippen LogP) is 11.7. The molecule has 3 heterocycles. The van der Waals surface area contributed by atoms with Crippen molar-refractivity contribution < 1.29 is 20.1 Å². The summed E-state index contributed by atoms with van der Waals surface area (Å²) >= 11 is 0.0687. The molecular weight excluding hydrogens is 841 g/mol. The van der Waals surface area contributed by atoms with Gasteiger partial charge < -0.3 is 4.98 Å². The zero-order valence-corrected chi connectivity index (χ0v) is 34.1. The van der Waals surface area contributed by atoms with Gasteiger partial charge in [-0.05, 0) is 50.9 Å². The normalized spacial score (nSPS) is 12.0. The van der Waals surface area contributed by atoms with Crippen molar-refractivity contribution in [2.24, 2.45) is 5.92 Å². The quantitative estimate of drug-likeness (QED) is 0.123. The molecule has 7 rings (SSSR count). The van der Waals surface area contributed by atoms with E-state index in [1.807, 2.05) is 41.8 Å². The second kappa shape index (κ2) is 15.4. The van der Waals surface area contributed by atoms with E-state index in [2.05, 4.69) is 147 Å². The summed E-state index contributed by atoms with van der Waals surface area (Å²) in [5.74, 6) is 8.30. The number of rotatable bonds is 6. The molecule has 0 aliphatic heterocycles. The number of hydrogen-bond acceptors (Lipinski definition) is 3. The number of nitrogens with zero attached hydrogens (tertiary/aromatic N) is 2. The zero-order chi connectivity index (χ0) is 33.1. The minimum Gasteiger partial charge on any atom is 0 e. The van der Waals surface area contributed by atoms with E-state index in [9.17, 15) is 0 Å². The van der Waals surface area contributed by atoms with E-state index in [1.165, 1.54) is 46.8 Å². The number of pyridine rings is 2. The molecule has 0 aliphatic carbocycles. The van der Waals surface area contributed by atoms with Crippen LogP contribution in [0.25, 0.3) is 53.8 Å². The summed E-state index contributed by atoms with van der Waals surface area (Å²) in [4.78, 5) is 9.30. The number of thiophene rings is 1. The van der Waals surface area contributed by atoms with Crippen LogP contribution < -0.4 is 4.40 Å². The van der Waals surface area contributed by atoms with Gasteiger partial charge in [0.25, 0.3) is 0 Å². The predicted molar refractivity (Wildman–Crippen MR) is 206 cm³/mol. The van der Waals surface area contributed by atoms with Gasteiger partial charge in [0, 0.05) is 31.0 Å². The Hall–Kier alpha value is -3.41. The van der Waals surface area contributed by atoms with Gasteiger partial charge in [0.1, 0.15) is 0 Å². The van der Waals surface area contributed by atoms with Crippen LogP contribution in [-0.2, 0) is 20.1 Å². The Balaban J connectivity index is 0.000000214. The van der Waals surface area contributed by atoms with E-state index in [0.29, 0.717) is 11.8 Å². The van der Waals surface area contributed by atoms with Gasteiger partial charge in [0.15, 0.2) is 0 Å². The molecule has 245 valence electrons. The first-order valence-corrected chi connectivity index (χ1v) is 24.6. The van der Waals surface area contributed by atoms with E-state index in [1.54, 1.807) is 0 Å². The largest absolute Gasteiger partial charge is 0 e. The Morgan fingerprint density at radius 3 is 2.17 bits per heavy atom. The number of hydrogen-bond donors (Lipinski definition) is 0. The van der Waals surface area contributed by atoms with E-state index >= 15 is 0 Å². The van der Waals surface area contributed by atoms with Gasteiger partial charge >= 0.3 is 106 Å². The molecule has 0 amide bonds. The number of fused-ring (bicyclic) bond motifs is 3. The molecule has 3 aromatic heterocycles. The average molecular weight is 884 g/mol. The van der Waals surface area contributed by atoms with Crippen LogP contribution in [0.1, 0.15) is 37.8 Å². The minimum absolute atomic E-state index is 0. The summed E-state index contributed by atoms with van der Waals surface area (Å²) in [5, 5.41) is 2.59. The fourth-order valence-electron chi connectivity index (χ4n) is 6.03. The van der Waals surface area contributed by atoms with Crippen molar-refractivity contribution in [2.45, 2.75) is 50.9 Å². The van der Waals surface area contributed by atoms with E-state index in [-0.39, 0.29) is 20.1 Å². The molecule has 1 radical (unpaired) electrons. The second-order valence-electron chi connectivity index (χ2n) is 13.7. The third-order valence-electron chi connectivity index (χ3n) is 9.01. The molecule has 0 spiro atoms. The molecule has 0 saturated carbocycles. The molecule has 5 heteroatoms. The van der Waals surface area contributed by atoms with Crippen LogP contribution >= 0.6 is 11.3 Å². The smallest absolute Gasteiger partial charge is 0 e. The summed E-state index contributed by atoms with van der Waals surface area (Å²) in [7, 11) is 0. The summed E-state index contributed by atoms with van der Waals surface area (Å²) in [6.07, 6.45) is 4.02. The maximum Gasteiger partial charge on any atom is 0 e. The Morgan fingerprint density at radius 1 is 0.708 bits per heavy atom. The molecule has 1 unspecified atom stereocenters. The molecule has 0 N–H and O–H groups in total. The van der Waals surface area contributed by atoms with Gasteiger partial charge in [-0.1, -0.05) is 80.3 Å². The van der Waals surface area contributed by atoms with Crippen molar-refractivity contribution in [1.82, 2.24) is 9.97 Å². The van der Waals surface area contributed by atoms with E-state index < -0.39 is 13.3 Å². The van der Waals surface area contributed by atoms with Gasteiger partial charge in [-0.15, -0.1) is 23.8 Å². The zero-order valence-electron chi connectivity index (χ0n) is 28.8. The molecule has 0 fully saturated rings. The van der Waals surface area contributed by atoms with Gasteiger partial charge in [-0.3, -0.25) is 0 Å². The summed E-state index contributed by atoms with van der Waals surface area (Å²) in [6.45, 7) is 9.03. The minimum atomic E-state index is -1.77. The number of aromatic nitrogens is 2. The fraction of sp³-hybridized carbons (Fsp3) is 0.209. The third kappa shape index (κ3) is 7.90. The van der Waals surface area contributed by atoms with Crippen LogP contribution in [0.5, 0.6) is 0 Å². The Kier molecular flexibility index (Phi) is 11.5. The first-order valence-electron chi connectivity index (χ1n) is 16.4. The van der Waals surface area contributed by atoms with Crippen molar-refractivity contribution in [3.05, 3.63) is 139 Å². The second-order valence-corrected chi connectivity index (χ2v) is 25.3. The Labute approximate surface area is 306 Å². The molecule has 0 aliphatic rings. The van der Waals surface area contributed by atoms with Crippen LogP contribution in [0, 0.1) is 25.0 Å². The van der Waals surface area contributed by atoms with Gasteiger partial charge in [0.2, 0.25) is 0 Å². The van der Waals surface area contributed by atoms with Gasteiger partial charge in [-0.2, -0.15) is 11.3 Å². The molecular formula is C43H42GeIrN2S-2.